The number of Topliss-reactive ketones (excluding diaryl/α,β-unsaturated/α-hetero) is 1. The predicted molar refractivity (Wildman–Crippen MR) is 101 cm³/mol. The van der Waals surface area contributed by atoms with E-state index in [1.807, 2.05) is 51.1 Å². The molecule has 2 rings (SSSR count). The Kier molecular flexibility index (Phi) is 6.67. The number of benzene rings is 2. The SMILES string of the molecule is CCc1ccc(C(=O)NNC(=O)CCC(=O)c2cc(C)ccc2C)cc1. The van der Waals surface area contributed by atoms with Crippen LogP contribution in [0.2, 0.25) is 0 Å². The van der Waals surface area contributed by atoms with Crippen molar-refractivity contribution < 1.29 is 14.4 Å². The third kappa shape index (κ3) is 5.28. The van der Waals surface area contributed by atoms with Crippen LogP contribution in [0.4, 0.5) is 0 Å². The molecule has 5 heteroatoms. The smallest absolute Gasteiger partial charge is 0.269 e. The third-order valence-corrected chi connectivity index (χ3v) is 4.21. The first-order valence-electron chi connectivity index (χ1n) is 8.69. The summed E-state index contributed by atoms with van der Waals surface area (Å²) in [7, 11) is 0. The number of rotatable bonds is 6. The quantitative estimate of drug-likeness (QED) is 0.619. The minimum atomic E-state index is -0.401. The Hall–Kier alpha value is -2.95. The number of amides is 2. The number of carbonyl (C=O) groups is 3. The second kappa shape index (κ2) is 8.94. The van der Waals surface area contributed by atoms with Gasteiger partial charge in [-0.15, -0.1) is 0 Å². The Morgan fingerprint density at radius 3 is 2.23 bits per heavy atom. The Morgan fingerprint density at radius 1 is 0.885 bits per heavy atom. The van der Waals surface area contributed by atoms with Gasteiger partial charge >= 0.3 is 0 Å². The van der Waals surface area contributed by atoms with Gasteiger partial charge in [0.2, 0.25) is 5.91 Å². The molecule has 0 aliphatic rings. The lowest BCUT2D eigenvalue weighted by atomic mass is 9.99. The largest absolute Gasteiger partial charge is 0.294 e. The number of hydrazine groups is 1. The van der Waals surface area contributed by atoms with Gasteiger partial charge in [0.25, 0.3) is 5.91 Å². The molecular formula is C21H24N2O3. The van der Waals surface area contributed by atoms with E-state index < -0.39 is 5.91 Å². The van der Waals surface area contributed by atoms with Gasteiger partial charge < -0.3 is 0 Å². The first-order chi connectivity index (χ1) is 12.4. The minimum Gasteiger partial charge on any atom is -0.294 e. The Balaban J connectivity index is 1.82. The van der Waals surface area contributed by atoms with Crippen LogP contribution in [0.15, 0.2) is 42.5 Å². The molecule has 2 amide bonds. The molecule has 26 heavy (non-hydrogen) atoms. The number of nitrogens with one attached hydrogen (secondary N) is 2. The van der Waals surface area contributed by atoms with E-state index in [0.29, 0.717) is 11.1 Å². The summed E-state index contributed by atoms with van der Waals surface area (Å²) in [6, 6.07) is 12.8. The molecule has 0 saturated carbocycles. The van der Waals surface area contributed by atoms with Gasteiger partial charge in [-0.2, -0.15) is 0 Å². The molecule has 2 N–H and O–H groups in total. The molecule has 0 heterocycles. The van der Waals surface area contributed by atoms with Crippen molar-refractivity contribution >= 4 is 17.6 Å². The molecule has 2 aromatic rings. The van der Waals surface area contributed by atoms with Crippen LogP contribution < -0.4 is 10.9 Å². The lowest BCUT2D eigenvalue weighted by molar-refractivity contribution is -0.121. The van der Waals surface area contributed by atoms with Gasteiger partial charge in [0.05, 0.1) is 0 Å². The fourth-order valence-electron chi connectivity index (χ4n) is 2.55. The molecule has 0 spiro atoms. The molecule has 2 aromatic carbocycles. The summed E-state index contributed by atoms with van der Waals surface area (Å²) in [5, 5.41) is 0. The zero-order chi connectivity index (χ0) is 19.1. The molecule has 0 saturated heterocycles. The molecule has 0 aliphatic carbocycles. The van der Waals surface area contributed by atoms with E-state index in [2.05, 4.69) is 10.9 Å². The first-order valence-corrected chi connectivity index (χ1v) is 8.69. The van der Waals surface area contributed by atoms with Crippen molar-refractivity contribution in [2.45, 2.75) is 40.0 Å². The van der Waals surface area contributed by atoms with E-state index in [4.69, 9.17) is 0 Å². The Bertz CT molecular complexity index is 811. The normalized spacial score (nSPS) is 10.3. The first kappa shape index (κ1) is 19.4. The lowest BCUT2D eigenvalue weighted by Crippen LogP contribution is -2.41. The van der Waals surface area contributed by atoms with Crippen LogP contribution in [-0.4, -0.2) is 17.6 Å². The van der Waals surface area contributed by atoms with Gasteiger partial charge in [-0.25, -0.2) is 0 Å². The van der Waals surface area contributed by atoms with E-state index >= 15 is 0 Å². The van der Waals surface area contributed by atoms with Gasteiger partial charge in [0.1, 0.15) is 0 Å². The van der Waals surface area contributed by atoms with Crippen LogP contribution in [0.3, 0.4) is 0 Å². The van der Waals surface area contributed by atoms with Gasteiger partial charge in [-0.05, 0) is 49.6 Å². The van der Waals surface area contributed by atoms with Crippen LogP contribution in [-0.2, 0) is 11.2 Å². The van der Waals surface area contributed by atoms with E-state index in [-0.39, 0.29) is 24.5 Å². The standard InChI is InChI=1S/C21H24N2O3/c1-4-16-7-9-17(10-8-16)21(26)23-22-20(25)12-11-19(24)18-13-14(2)5-6-15(18)3/h5-10,13H,4,11-12H2,1-3H3,(H,22,25)(H,23,26). The second-order valence-electron chi connectivity index (χ2n) is 6.29. The molecule has 0 atom stereocenters. The van der Waals surface area contributed by atoms with E-state index in [1.165, 1.54) is 0 Å². The maximum Gasteiger partial charge on any atom is 0.269 e. The molecule has 0 unspecified atom stereocenters. The van der Waals surface area contributed by atoms with Crippen molar-refractivity contribution in [1.82, 2.24) is 10.9 Å². The predicted octanol–water partition coefficient (Wildman–Crippen LogP) is 3.29. The Labute approximate surface area is 153 Å². The molecule has 0 aromatic heterocycles. The van der Waals surface area contributed by atoms with Crippen molar-refractivity contribution in [3.8, 4) is 0 Å². The highest BCUT2D eigenvalue weighted by Crippen LogP contribution is 2.13. The van der Waals surface area contributed by atoms with E-state index in [1.54, 1.807) is 12.1 Å². The average molecular weight is 352 g/mol. The van der Waals surface area contributed by atoms with Gasteiger partial charge in [0, 0.05) is 24.0 Å². The topological polar surface area (TPSA) is 75.3 Å². The third-order valence-electron chi connectivity index (χ3n) is 4.21. The molecule has 0 fully saturated rings. The van der Waals surface area contributed by atoms with Crippen LogP contribution in [0.1, 0.15) is 57.2 Å². The monoisotopic (exact) mass is 352 g/mol. The molecule has 0 aliphatic heterocycles. The van der Waals surface area contributed by atoms with E-state index in [0.717, 1.165) is 23.1 Å². The van der Waals surface area contributed by atoms with Crippen LogP contribution in [0, 0.1) is 13.8 Å². The minimum absolute atomic E-state index is 0.0151. The van der Waals surface area contributed by atoms with Gasteiger partial charge in [0.15, 0.2) is 5.78 Å². The molecule has 5 nitrogen and oxygen atoms in total. The highest BCUT2D eigenvalue weighted by atomic mass is 16.2. The van der Waals surface area contributed by atoms with Crippen LogP contribution in [0.25, 0.3) is 0 Å². The number of ketones is 1. The number of aryl methyl sites for hydroxylation is 3. The molecule has 136 valence electrons. The van der Waals surface area contributed by atoms with Crippen LogP contribution >= 0.6 is 0 Å². The fraction of sp³-hybridized carbons (Fsp3) is 0.286. The highest BCUT2D eigenvalue weighted by Gasteiger charge is 2.13. The summed E-state index contributed by atoms with van der Waals surface area (Å²) in [5.74, 6) is -0.869. The molecule has 0 bridgehead atoms. The average Bonchev–Trinajstić information content (AvgIpc) is 2.66. The van der Waals surface area contributed by atoms with Gasteiger partial charge in [-0.1, -0.05) is 36.8 Å². The second-order valence-corrected chi connectivity index (χ2v) is 6.29. The number of hydrogen-bond donors (Lipinski definition) is 2. The summed E-state index contributed by atoms with van der Waals surface area (Å²) in [4.78, 5) is 36.2. The van der Waals surface area contributed by atoms with Crippen molar-refractivity contribution in [1.29, 1.82) is 0 Å². The van der Waals surface area contributed by atoms with Crippen molar-refractivity contribution in [2.24, 2.45) is 0 Å². The summed E-state index contributed by atoms with van der Waals surface area (Å²) in [6.07, 6.45) is 1.01. The number of carbonyl (C=O) groups excluding carboxylic acids is 3. The maximum atomic E-state index is 12.3. The van der Waals surface area contributed by atoms with Gasteiger partial charge in [-0.3, -0.25) is 25.2 Å². The fourth-order valence-corrected chi connectivity index (χ4v) is 2.55. The zero-order valence-electron chi connectivity index (χ0n) is 15.4. The summed E-state index contributed by atoms with van der Waals surface area (Å²) >= 11 is 0. The number of hydrogen-bond acceptors (Lipinski definition) is 3. The Morgan fingerprint density at radius 2 is 1.58 bits per heavy atom. The van der Waals surface area contributed by atoms with E-state index in [9.17, 15) is 14.4 Å². The highest BCUT2D eigenvalue weighted by molar-refractivity contribution is 6.00. The zero-order valence-corrected chi connectivity index (χ0v) is 15.4. The lowest BCUT2D eigenvalue weighted by Gasteiger charge is -2.09. The van der Waals surface area contributed by atoms with Crippen molar-refractivity contribution in [3.63, 3.8) is 0 Å². The van der Waals surface area contributed by atoms with Crippen molar-refractivity contribution in [3.05, 3.63) is 70.3 Å². The molecule has 0 radical (unpaired) electrons. The summed E-state index contributed by atoms with van der Waals surface area (Å²) in [6.45, 7) is 5.83. The van der Waals surface area contributed by atoms with Crippen molar-refractivity contribution in [2.75, 3.05) is 0 Å². The van der Waals surface area contributed by atoms with Crippen LogP contribution in [0.5, 0.6) is 0 Å². The molecular weight excluding hydrogens is 328 g/mol. The maximum absolute atomic E-state index is 12.3. The summed E-state index contributed by atoms with van der Waals surface area (Å²) in [5.41, 5.74) is 8.86. The summed E-state index contributed by atoms with van der Waals surface area (Å²) < 4.78 is 0.